The van der Waals surface area contributed by atoms with Crippen LogP contribution in [-0.2, 0) is 14.3 Å². The second kappa shape index (κ2) is 9.57. The van der Waals surface area contributed by atoms with Crippen LogP contribution in [0.25, 0.3) is 0 Å². The van der Waals surface area contributed by atoms with Gasteiger partial charge in [-0.25, -0.2) is 0 Å². The molecule has 0 fully saturated rings. The third kappa shape index (κ3) is 6.05. The zero-order valence-corrected chi connectivity index (χ0v) is 10.6. The zero-order chi connectivity index (χ0) is 12.4. The molecule has 0 aromatic heterocycles. The zero-order valence-electron chi connectivity index (χ0n) is 10.6. The van der Waals surface area contributed by atoms with E-state index in [1.54, 1.807) is 14.2 Å². The molecule has 0 saturated heterocycles. The van der Waals surface area contributed by atoms with E-state index in [1.807, 2.05) is 6.92 Å². The lowest BCUT2D eigenvalue weighted by Crippen LogP contribution is -2.46. The summed E-state index contributed by atoms with van der Waals surface area (Å²) in [6.07, 6.45) is 1.62. The number of carbonyl (C=O) groups excluding carboxylic acids is 1. The van der Waals surface area contributed by atoms with Crippen molar-refractivity contribution in [1.29, 1.82) is 0 Å². The number of primary amides is 1. The van der Waals surface area contributed by atoms with E-state index >= 15 is 0 Å². The molecule has 0 aromatic carbocycles. The average Bonchev–Trinajstić information content (AvgIpc) is 2.25. The van der Waals surface area contributed by atoms with Crippen molar-refractivity contribution in [1.82, 2.24) is 4.90 Å². The Balaban J connectivity index is 4.19. The number of nitrogens with two attached hydrogens (primary N) is 1. The van der Waals surface area contributed by atoms with Crippen LogP contribution in [-0.4, -0.2) is 57.4 Å². The number of amides is 1. The van der Waals surface area contributed by atoms with Crippen molar-refractivity contribution in [3.8, 4) is 0 Å². The van der Waals surface area contributed by atoms with Crippen LogP contribution in [0.4, 0.5) is 0 Å². The predicted molar refractivity (Wildman–Crippen MR) is 63.2 cm³/mol. The van der Waals surface area contributed by atoms with Crippen LogP contribution in [0.1, 0.15) is 19.8 Å². The number of methoxy groups -OCH3 is 2. The summed E-state index contributed by atoms with van der Waals surface area (Å²) in [6, 6.07) is -0.202. The molecule has 96 valence electrons. The lowest BCUT2D eigenvalue weighted by molar-refractivity contribution is -0.123. The molecule has 1 amide bonds. The maximum atomic E-state index is 11.3. The first-order valence-electron chi connectivity index (χ1n) is 5.68. The first kappa shape index (κ1) is 15.3. The fourth-order valence-electron chi connectivity index (χ4n) is 1.68. The minimum atomic E-state index is -0.268. The van der Waals surface area contributed by atoms with Gasteiger partial charge in [0.15, 0.2) is 0 Å². The van der Waals surface area contributed by atoms with E-state index in [9.17, 15) is 4.79 Å². The Hall–Kier alpha value is -0.650. The molecule has 16 heavy (non-hydrogen) atoms. The van der Waals surface area contributed by atoms with Gasteiger partial charge in [-0.05, 0) is 12.8 Å². The topological polar surface area (TPSA) is 64.8 Å². The fraction of sp³-hybridized carbons (Fsp3) is 0.909. The molecule has 0 aliphatic rings. The van der Waals surface area contributed by atoms with E-state index in [0.29, 0.717) is 13.2 Å². The third-order valence-corrected chi connectivity index (χ3v) is 2.53. The Bertz CT molecular complexity index is 188. The van der Waals surface area contributed by atoms with Crippen molar-refractivity contribution in [2.45, 2.75) is 25.8 Å². The lowest BCUT2D eigenvalue weighted by Gasteiger charge is -2.28. The molecule has 0 aromatic rings. The third-order valence-electron chi connectivity index (χ3n) is 2.53. The number of rotatable bonds is 10. The van der Waals surface area contributed by atoms with Gasteiger partial charge in [-0.15, -0.1) is 0 Å². The van der Waals surface area contributed by atoms with Crippen LogP contribution in [0.2, 0.25) is 0 Å². The van der Waals surface area contributed by atoms with Crippen molar-refractivity contribution in [2.24, 2.45) is 5.73 Å². The predicted octanol–water partition coefficient (Wildman–Crippen LogP) is 0.235. The van der Waals surface area contributed by atoms with E-state index in [0.717, 1.165) is 25.9 Å². The Morgan fingerprint density at radius 1 is 1.25 bits per heavy atom. The molecule has 0 radical (unpaired) electrons. The Labute approximate surface area is 97.9 Å². The van der Waals surface area contributed by atoms with Crippen molar-refractivity contribution in [3.05, 3.63) is 0 Å². The summed E-state index contributed by atoms with van der Waals surface area (Å²) in [4.78, 5) is 13.3. The highest BCUT2D eigenvalue weighted by molar-refractivity contribution is 5.79. The van der Waals surface area contributed by atoms with Crippen LogP contribution in [0, 0.1) is 0 Å². The van der Waals surface area contributed by atoms with Gasteiger partial charge in [-0.3, -0.25) is 9.69 Å². The van der Waals surface area contributed by atoms with Crippen molar-refractivity contribution in [3.63, 3.8) is 0 Å². The maximum absolute atomic E-state index is 11.3. The molecule has 2 N–H and O–H groups in total. The second-order valence-electron chi connectivity index (χ2n) is 3.70. The molecular formula is C11H24N2O3. The highest BCUT2D eigenvalue weighted by Crippen LogP contribution is 2.05. The Kier molecular flexibility index (Phi) is 9.18. The number of carbonyl (C=O) groups is 1. The van der Waals surface area contributed by atoms with Crippen LogP contribution in [0.3, 0.4) is 0 Å². The minimum Gasteiger partial charge on any atom is -0.385 e. The minimum absolute atomic E-state index is 0.202. The van der Waals surface area contributed by atoms with Gasteiger partial charge in [0.05, 0.1) is 12.6 Å². The van der Waals surface area contributed by atoms with Gasteiger partial charge in [0, 0.05) is 33.9 Å². The summed E-state index contributed by atoms with van der Waals surface area (Å²) >= 11 is 0. The molecule has 5 heteroatoms. The number of hydrogen-bond acceptors (Lipinski definition) is 4. The molecule has 0 saturated carbocycles. The van der Waals surface area contributed by atoms with Gasteiger partial charge >= 0.3 is 0 Å². The number of nitrogens with zero attached hydrogens (tertiary/aromatic N) is 1. The molecular weight excluding hydrogens is 208 g/mol. The molecule has 0 heterocycles. The first-order valence-corrected chi connectivity index (χ1v) is 5.68. The molecule has 1 atom stereocenters. The van der Waals surface area contributed by atoms with Gasteiger partial charge < -0.3 is 15.2 Å². The van der Waals surface area contributed by atoms with E-state index in [1.165, 1.54) is 0 Å². The van der Waals surface area contributed by atoms with Gasteiger partial charge in [-0.2, -0.15) is 0 Å². The first-order chi connectivity index (χ1) is 7.67. The van der Waals surface area contributed by atoms with Crippen LogP contribution in [0.5, 0.6) is 0 Å². The van der Waals surface area contributed by atoms with Gasteiger partial charge in [0.25, 0.3) is 0 Å². The van der Waals surface area contributed by atoms with Crippen molar-refractivity contribution < 1.29 is 14.3 Å². The molecule has 0 aliphatic heterocycles. The lowest BCUT2D eigenvalue weighted by atomic mass is 10.1. The second-order valence-corrected chi connectivity index (χ2v) is 3.70. The number of hydrogen-bond donors (Lipinski definition) is 1. The summed E-state index contributed by atoms with van der Waals surface area (Å²) in [5.74, 6) is -0.268. The highest BCUT2D eigenvalue weighted by Gasteiger charge is 2.21. The summed E-state index contributed by atoms with van der Waals surface area (Å²) < 4.78 is 10.0. The summed E-state index contributed by atoms with van der Waals surface area (Å²) in [6.45, 7) is 4.79. The van der Waals surface area contributed by atoms with Crippen LogP contribution in [0.15, 0.2) is 0 Å². The summed E-state index contributed by atoms with van der Waals surface area (Å²) in [5, 5.41) is 0. The smallest absolute Gasteiger partial charge is 0.234 e. The van der Waals surface area contributed by atoms with Crippen LogP contribution < -0.4 is 5.73 Å². The van der Waals surface area contributed by atoms with E-state index in [2.05, 4.69) is 4.90 Å². The Morgan fingerprint density at radius 3 is 2.31 bits per heavy atom. The molecule has 0 aliphatic carbocycles. The summed E-state index contributed by atoms with van der Waals surface area (Å²) in [5.41, 5.74) is 5.37. The fourth-order valence-corrected chi connectivity index (χ4v) is 1.68. The molecule has 0 rings (SSSR count). The largest absolute Gasteiger partial charge is 0.385 e. The van der Waals surface area contributed by atoms with E-state index < -0.39 is 0 Å². The van der Waals surface area contributed by atoms with Gasteiger partial charge in [0.1, 0.15) is 0 Å². The average molecular weight is 232 g/mol. The Morgan fingerprint density at radius 2 is 1.88 bits per heavy atom. The SMILES string of the molecule is CCC(C(N)=O)N(CCCOC)CCOC. The molecule has 0 spiro atoms. The van der Waals surface area contributed by atoms with E-state index in [4.69, 9.17) is 15.2 Å². The summed E-state index contributed by atoms with van der Waals surface area (Å²) in [7, 11) is 3.32. The van der Waals surface area contributed by atoms with Crippen LogP contribution >= 0.6 is 0 Å². The molecule has 5 nitrogen and oxygen atoms in total. The van der Waals surface area contributed by atoms with Crippen molar-refractivity contribution in [2.75, 3.05) is 40.5 Å². The van der Waals surface area contributed by atoms with Gasteiger partial charge in [0.2, 0.25) is 5.91 Å². The molecule has 1 unspecified atom stereocenters. The monoisotopic (exact) mass is 232 g/mol. The standard InChI is InChI=1S/C11H24N2O3/c1-4-10(11(12)14)13(7-9-16-3)6-5-8-15-2/h10H,4-9H2,1-3H3,(H2,12,14). The van der Waals surface area contributed by atoms with E-state index in [-0.39, 0.29) is 11.9 Å². The highest BCUT2D eigenvalue weighted by atomic mass is 16.5. The normalized spacial score (nSPS) is 13.0. The van der Waals surface area contributed by atoms with Gasteiger partial charge in [-0.1, -0.05) is 6.92 Å². The number of ether oxygens (including phenoxy) is 2. The quantitative estimate of drug-likeness (QED) is 0.548. The molecule has 0 bridgehead atoms. The van der Waals surface area contributed by atoms with Crippen molar-refractivity contribution >= 4 is 5.91 Å². The maximum Gasteiger partial charge on any atom is 0.234 e.